The van der Waals surface area contributed by atoms with Crippen LogP contribution in [0.3, 0.4) is 0 Å². The molecular formula is C14H20F3NO. The Kier molecular flexibility index (Phi) is 5.51. The zero-order chi connectivity index (χ0) is 14.5. The fraction of sp³-hybridized carbons (Fsp3) is 0.571. The zero-order valence-electron chi connectivity index (χ0n) is 11.4. The molecule has 1 aromatic rings. The maximum atomic E-state index is 12.3. The molecule has 0 saturated heterocycles. The molecule has 19 heavy (non-hydrogen) atoms. The molecule has 1 aromatic carbocycles. The van der Waals surface area contributed by atoms with Gasteiger partial charge in [-0.25, -0.2) is 0 Å². The summed E-state index contributed by atoms with van der Waals surface area (Å²) >= 11 is 0. The monoisotopic (exact) mass is 275 g/mol. The van der Waals surface area contributed by atoms with Crippen molar-refractivity contribution in [1.29, 1.82) is 0 Å². The number of hydrogen-bond donors (Lipinski definition) is 1. The van der Waals surface area contributed by atoms with E-state index in [1.54, 1.807) is 12.1 Å². The largest absolute Gasteiger partial charge is 0.573 e. The van der Waals surface area contributed by atoms with Crippen molar-refractivity contribution in [2.24, 2.45) is 5.92 Å². The van der Waals surface area contributed by atoms with Gasteiger partial charge in [0.2, 0.25) is 0 Å². The van der Waals surface area contributed by atoms with E-state index in [4.69, 9.17) is 0 Å². The molecule has 0 aliphatic carbocycles. The van der Waals surface area contributed by atoms with E-state index in [-0.39, 0.29) is 11.8 Å². The van der Waals surface area contributed by atoms with Gasteiger partial charge < -0.3 is 10.1 Å². The minimum absolute atomic E-state index is 0.0976. The van der Waals surface area contributed by atoms with Crippen molar-refractivity contribution >= 4 is 5.69 Å². The summed E-state index contributed by atoms with van der Waals surface area (Å²) in [5.41, 5.74) is 0.371. The molecule has 0 amide bonds. The van der Waals surface area contributed by atoms with Crippen molar-refractivity contribution in [2.45, 2.75) is 46.0 Å². The number of benzene rings is 1. The third kappa shape index (κ3) is 6.36. The quantitative estimate of drug-likeness (QED) is 0.803. The molecule has 0 aliphatic rings. The number of rotatable bonds is 6. The number of nitrogens with one attached hydrogen (secondary N) is 1. The predicted molar refractivity (Wildman–Crippen MR) is 70.3 cm³/mol. The molecule has 0 spiro atoms. The van der Waals surface area contributed by atoms with E-state index in [1.807, 2.05) is 6.92 Å². The molecule has 0 aromatic heterocycles. The van der Waals surface area contributed by atoms with Gasteiger partial charge in [0.1, 0.15) is 0 Å². The van der Waals surface area contributed by atoms with Crippen LogP contribution in [0.25, 0.3) is 0 Å². The molecule has 0 aliphatic heterocycles. The van der Waals surface area contributed by atoms with Crippen molar-refractivity contribution in [2.75, 3.05) is 5.32 Å². The lowest BCUT2D eigenvalue weighted by atomic mass is 10.0. The lowest BCUT2D eigenvalue weighted by Crippen LogP contribution is -2.20. The Bertz CT molecular complexity index is 391. The second kappa shape index (κ2) is 6.68. The third-order valence-electron chi connectivity index (χ3n) is 2.69. The molecule has 1 N–H and O–H groups in total. The summed E-state index contributed by atoms with van der Waals surface area (Å²) in [7, 11) is 0. The van der Waals surface area contributed by atoms with E-state index in [1.165, 1.54) is 12.1 Å². The molecule has 0 bridgehead atoms. The summed E-state index contributed by atoms with van der Waals surface area (Å²) in [4.78, 5) is 0. The fourth-order valence-corrected chi connectivity index (χ4v) is 1.72. The van der Waals surface area contributed by atoms with Crippen molar-refractivity contribution in [3.8, 4) is 5.75 Å². The molecule has 0 fully saturated rings. The van der Waals surface area contributed by atoms with E-state index in [2.05, 4.69) is 23.9 Å². The van der Waals surface area contributed by atoms with Gasteiger partial charge in [-0.3, -0.25) is 0 Å². The zero-order valence-corrected chi connectivity index (χ0v) is 11.4. The highest BCUT2D eigenvalue weighted by atomic mass is 19.4. The SMILES string of the molecule is CC(C)CCC(C)Nc1ccccc1OC(F)(F)F. The number of ether oxygens (including phenoxy) is 1. The van der Waals surface area contributed by atoms with Gasteiger partial charge in [-0.1, -0.05) is 26.0 Å². The standard InChI is InChI=1S/C14H20F3NO/c1-10(2)8-9-11(3)18-12-6-4-5-7-13(12)19-14(15,16)17/h4-7,10-11,18H,8-9H2,1-3H3. The Hall–Kier alpha value is -1.39. The molecular weight excluding hydrogens is 255 g/mol. The Morgan fingerprint density at radius 3 is 2.32 bits per heavy atom. The first-order valence-electron chi connectivity index (χ1n) is 6.39. The van der Waals surface area contributed by atoms with Crippen molar-refractivity contribution in [3.63, 3.8) is 0 Å². The fourth-order valence-electron chi connectivity index (χ4n) is 1.72. The molecule has 1 rings (SSSR count). The van der Waals surface area contributed by atoms with Gasteiger partial charge in [0.25, 0.3) is 0 Å². The van der Waals surface area contributed by atoms with E-state index in [9.17, 15) is 13.2 Å². The minimum Gasteiger partial charge on any atom is -0.404 e. The van der Waals surface area contributed by atoms with Gasteiger partial charge in [0.05, 0.1) is 5.69 Å². The number of para-hydroxylation sites is 2. The summed E-state index contributed by atoms with van der Waals surface area (Å²) in [6.07, 6.45) is -2.74. The third-order valence-corrected chi connectivity index (χ3v) is 2.69. The summed E-state index contributed by atoms with van der Waals surface area (Å²) in [5, 5.41) is 3.06. The van der Waals surface area contributed by atoms with E-state index < -0.39 is 6.36 Å². The number of anilines is 1. The summed E-state index contributed by atoms with van der Waals surface area (Å²) in [6.45, 7) is 6.19. The van der Waals surface area contributed by atoms with Gasteiger partial charge in [0.15, 0.2) is 5.75 Å². The van der Waals surface area contributed by atoms with Crippen molar-refractivity contribution < 1.29 is 17.9 Å². The maximum Gasteiger partial charge on any atom is 0.573 e. The lowest BCUT2D eigenvalue weighted by molar-refractivity contribution is -0.274. The van der Waals surface area contributed by atoms with Gasteiger partial charge >= 0.3 is 6.36 Å². The average molecular weight is 275 g/mol. The van der Waals surface area contributed by atoms with Crippen molar-refractivity contribution in [1.82, 2.24) is 0 Å². The highest BCUT2D eigenvalue weighted by Crippen LogP contribution is 2.30. The second-order valence-corrected chi connectivity index (χ2v) is 5.06. The number of alkyl halides is 3. The van der Waals surface area contributed by atoms with Gasteiger partial charge in [-0.2, -0.15) is 0 Å². The minimum atomic E-state index is -4.67. The molecule has 108 valence electrons. The molecule has 5 heteroatoms. The first-order valence-corrected chi connectivity index (χ1v) is 6.39. The summed E-state index contributed by atoms with van der Waals surface area (Å²) in [6, 6.07) is 6.20. The van der Waals surface area contributed by atoms with Crippen LogP contribution in [0.15, 0.2) is 24.3 Å². The maximum absolute atomic E-state index is 12.3. The van der Waals surface area contributed by atoms with Crippen LogP contribution in [0, 0.1) is 5.92 Å². The molecule has 2 nitrogen and oxygen atoms in total. The van der Waals surface area contributed by atoms with Gasteiger partial charge in [0, 0.05) is 6.04 Å². The Labute approximate surface area is 112 Å². The molecule has 1 atom stereocenters. The first kappa shape index (κ1) is 15.7. The predicted octanol–water partition coefficient (Wildman–Crippen LogP) is 4.82. The summed E-state index contributed by atoms with van der Waals surface area (Å²) in [5.74, 6) is 0.386. The van der Waals surface area contributed by atoms with E-state index in [0.29, 0.717) is 11.6 Å². The average Bonchev–Trinajstić information content (AvgIpc) is 2.27. The van der Waals surface area contributed by atoms with Crippen LogP contribution >= 0.6 is 0 Å². The van der Waals surface area contributed by atoms with Crippen LogP contribution in [-0.2, 0) is 0 Å². The highest BCUT2D eigenvalue weighted by Gasteiger charge is 2.32. The van der Waals surface area contributed by atoms with Gasteiger partial charge in [-0.15, -0.1) is 13.2 Å². The molecule has 0 heterocycles. The van der Waals surface area contributed by atoms with Gasteiger partial charge in [-0.05, 0) is 37.8 Å². The van der Waals surface area contributed by atoms with Crippen molar-refractivity contribution in [3.05, 3.63) is 24.3 Å². The van der Waals surface area contributed by atoms with Crippen LogP contribution in [-0.4, -0.2) is 12.4 Å². The number of hydrogen-bond acceptors (Lipinski definition) is 2. The second-order valence-electron chi connectivity index (χ2n) is 5.06. The Morgan fingerprint density at radius 2 is 1.74 bits per heavy atom. The van der Waals surface area contributed by atoms with E-state index in [0.717, 1.165) is 12.8 Å². The highest BCUT2D eigenvalue weighted by molar-refractivity contribution is 5.56. The molecule has 0 saturated carbocycles. The lowest BCUT2D eigenvalue weighted by Gasteiger charge is -2.19. The normalized spacial score (nSPS) is 13.4. The van der Waals surface area contributed by atoms with Crippen LogP contribution in [0.4, 0.5) is 18.9 Å². The number of halogens is 3. The topological polar surface area (TPSA) is 21.3 Å². The molecule has 0 radical (unpaired) electrons. The molecule has 1 unspecified atom stereocenters. The Morgan fingerprint density at radius 1 is 1.11 bits per heavy atom. The first-order chi connectivity index (χ1) is 8.78. The van der Waals surface area contributed by atoms with Crippen LogP contribution in [0.5, 0.6) is 5.75 Å². The smallest absolute Gasteiger partial charge is 0.404 e. The van der Waals surface area contributed by atoms with E-state index >= 15 is 0 Å². The Balaban J connectivity index is 2.67. The van der Waals surface area contributed by atoms with Crippen LogP contribution in [0.2, 0.25) is 0 Å². The van der Waals surface area contributed by atoms with Crippen LogP contribution in [0.1, 0.15) is 33.6 Å². The van der Waals surface area contributed by atoms with Crippen LogP contribution < -0.4 is 10.1 Å². The summed E-state index contributed by atoms with van der Waals surface area (Å²) < 4.78 is 40.8.